The summed E-state index contributed by atoms with van der Waals surface area (Å²) < 4.78 is 5.57. The van der Waals surface area contributed by atoms with E-state index < -0.39 is 6.10 Å². The topological polar surface area (TPSA) is 70.2 Å². The average molecular weight is 275 g/mol. The molecule has 0 fully saturated rings. The van der Waals surface area contributed by atoms with E-state index >= 15 is 0 Å². The van der Waals surface area contributed by atoms with Gasteiger partial charge in [-0.2, -0.15) is 5.10 Å². The van der Waals surface area contributed by atoms with Gasteiger partial charge in [0.2, 0.25) is 0 Å². The smallest absolute Gasteiger partial charge is 0.119 e. The van der Waals surface area contributed by atoms with Gasteiger partial charge in [-0.05, 0) is 37.6 Å². The minimum Gasteiger partial charge on any atom is -0.491 e. The van der Waals surface area contributed by atoms with Crippen LogP contribution in [0.25, 0.3) is 0 Å². The number of benzene rings is 1. The molecule has 1 aromatic carbocycles. The Kier molecular flexibility index (Phi) is 5.15. The molecule has 0 aliphatic heterocycles. The molecule has 108 valence electrons. The van der Waals surface area contributed by atoms with Crippen molar-refractivity contribution in [1.82, 2.24) is 15.5 Å². The number of nitrogens with one attached hydrogen (secondary N) is 2. The first kappa shape index (κ1) is 14.6. The second-order valence-corrected chi connectivity index (χ2v) is 4.96. The van der Waals surface area contributed by atoms with Crippen LogP contribution in [0.4, 0.5) is 0 Å². The third-order valence-electron chi connectivity index (χ3n) is 2.85. The monoisotopic (exact) mass is 275 g/mol. The highest BCUT2D eigenvalue weighted by Crippen LogP contribution is 2.18. The van der Waals surface area contributed by atoms with Gasteiger partial charge in [0.1, 0.15) is 5.75 Å². The molecule has 5 nitrogen and oxygen atoms in total. The molecule has 1 atom stereocenters. The van der Waals surface area contributed by atoms with E-state index in [1.807, 2.05) is 44.2 Å². The predicted molar refractivity (Wildman–Crippen MR) is 77.5 cm³/mol. The summed E-state index contributed by atoms with van der Waals surface area (Å²) in [6.07, 6.45) is 1.33. The Morgan fingerprint density at radius 2 is 2.00 bits per heavy atom. The Morgan fingerprint density at radius 1 is 1.25 bits per heavy atom. The lowest BCUT2D eigenvalue weighted by atomic mass is 10.1. The molecule has 0 radical (unpaired) electrons. The number of aliphatic hydroxyl groups excluding tert-OH is 1. The van der Waals surface area contributed by atoms with Crippen molar-refractivity contribution in [2.24, 2.45) is 0 Å². The Bertz CT molecular complexity index is 494. The third-order valence-corrected chi connectivity index (χ3v) is 2.85. The maximum absolute atomic E-state index is 10.1. The summed E-state index contributed by atoms with van der Waals surface area (Å²) in [6.45, 7) is 5.12. The van der Waals surface area contributed by atoms with Gasteiger partial charge >= 0.3 is 0 Å². The minimum atomic E-state index is -0.536. The number of nitrogens with zero attached hydrogens (tertiary/aromatic N) is 1. The van der Waals surface area contributed by atoms with Gasteiger partial charge in [0.15, 0.2) is 0 Å². The first-order valence-corrected chi connectivity index (χ1v) is 6.79. The molecule has 0 amide bonds. The summed E-state index contributed by atoms with van der Waals surface area (Å²) in [5, 5.41) is 20.0. The highest BCUT2D eigenvalue weighted by molar-refractivity contribution is 5.28. The Labute approximate surface area is 119 Å². The summed E-state index contributed by atoms with van der Waals surface area (Å²) in [6, 6.07) is 9.44. The van der Waals surface area contributed by atoms with E-state index in [1.165, 1.54) is 0 Å². The lowest BCUT2D eigenvalue weighted by Crippen LogP contribution is -2.21. The summed E-state index contributed by atoms with van der Waals surface area (Å²) in [5.74, 6) is 0.821. The zero-order valence-corrected chi connectivity index (χ0v) is 11.8. The lowest BCUT2D eigenvalue weighted by Gasteiger charge is -2.14. The van der Waals surface area contributed by atoms with Crippen LogP contribution < -0.4 is 10.1 Å². The van der Waals surface area contributed by atoms with Gasteiger partial charge in [0, 0.05) is 25.0 Å². The summed E-state index contributed by atoms with van der Waals surface area (Å²) >= 11 is 0. The number of rotatable bonds is 7. The van der Waals surface area contributed by atoms with Gasteiger partial charge in [-0.15, -0.1) is 0 Å². The SMILES string of the molecule is CC(C)Oc1ccc(C(O)CNCc2ccn[nH]2)cc1. The van der Waals surface area contributed by atoms with Crippen LogP contribution >= 0.6 is 0 Å². The number of hydrogen-bond donors (Lipinski definition) is 3. The standard InChI is InChI=1S/C15H21N3O2/c1-11(2)20-14-5-3-12(4-6-14)15(19)10-16-9-13-7-8-17-18-13/h3-8,11,15-16,19H,9-10H2,1-2H3,(H,17,18). The number of aromatic nitrogens is 2. The van der Waals surface area contributed by atoms with Crippen molar-refractivity contribution in [2.75, 3.05) is 6.54 Å². The molecule has 0 saturated carbocycles. The fourth-order valence-corrected chi connectivity index (χ4v) is 1.89. The highest BCUT2D eigenvalue weighted by atomic mass is 16.5. The Balaban J connectivity index is 1.81. The highest BCUT2D eigenvalue weighted by Gasteiger charge is 2.07. The maximum atomic E-state index is 10.1. The molecular formula is C15H21N3O2. The van der Waals surface area contributed by atoms with Gasteiger partial charge in [-0.3, -0.25) is 5.10 Å². The van der Waals surface area contributed by atoms with Crippen molar-refractivity contribution >= 4 is 0 Å². The summed E-state index contributed by atoms with van der Waals surface area (Å²) in [5.41, 5.74) is 1.87. The maximum Gasteiger partial charge on any atom is 0.119 e. The number of H-pyrrole nitrogens is 1. The fourth-order valence-electron chi connectivity index (χ4n) is 1.89. The Hall–Kier alpha value is -1.85. The molecule has 0 saturated heterocycles. The first-order valence-electron chi connectivity index (χ1n) is 6.79. The number of hydrogen-bond acceptors (Lipinski definition) is 4. The fraction of sp³-hybridized carbons (Fsp3) is 0.400. The van der Waals surface area contributed by atoms with Crippen molar-refractivity contribution in [3.63, 3.8) is 0 Å². The van der Waals surface area contributed by atoms with E-state index in [2.05, 4.69) is 15.5 Å². The van der Waals surface area contributed by atoms with Crippen LogP contribution in [0.2, 0.25) is 0 Å². The number of aliphatic hydroxyl groups is 1. The zero-order valence-electron chi connectivity index (χ0n) is 11.8. The van der Waals surface area contributed by atoms with Crippen molar-refractivity contribution in [3.8, 4) is 5.75 Å². The van der Waals surface area contributed by atoms with Crippen LogP contribution in [-0.2, 0) is 6.54 Å². The minimum absolute atomic E-state index is 0.154. The second kappa shape index (κ2) is 7.07. The van der Waals surface area contributed by atoms with E-state index in [9.17, 15) is 5.11 Å². The molecule has 20 heavy (non-hydrogen) atoms. The van der Waals surface area contributed by atoms with Crippen molar-refractivity contribution in [2.45, 2.75) is 32.6 Å². The van der Waals surface area contributed by atoms with E-state index in [0.29, 0.717) is 13.1 Å². The van der Waals surface area contributed by atoms with Crippen molar-refractivity contribution < 1.29 is 9.84 Å². The summed E-state index contributed by atoms with van der Waals surface area (Å²) in [4.78, 5) is 0. The third kappa shape index (κ3) is 4.36. The normalized spacial score (nSPS) is 12.6. The first-order chi connectivity index (χ1) is 9.65. The van der Waals surface area contributed by atoms with Crippen LogP contribution in [-0.4, -0.2) is 28.0 Å². The van der Waals surface area contributed by atoms with Crippen LogP contribution in [0, 0.1) is 0 Å². The molecule has 1 heterocycles. The van der Waals surface area contributed by atoms with E-state index in [0.717, 1.165) is 17.0 Å². The van der Waals surface area contributed by atoms with Crippen LogP contribution in [0.5, 0.6) is 5.75 Å². The van der Waals surface area contributed by atoms with Gasteiger partial charge in [-0.1, -0.05) is 12.1 Å². The van der Waals surface area contributed by atoms with Crippen molar-refractivity contribution in [1.29, 1.82) is 0 Å². The van der Waals surface area contributed by atoms with Crippen molar-refractivity contribution in [3.05, 3.63) is 47.8 Å². The molecular weight excluding hydrogens is 254 g/mol. The number of ether oxygens (including phenoxy) is 1. The Morgan fingerprint density at radius 3 is 2.60 bits per heavy atom. The molecule has 3 N–H and O–H groups in total. The number of aromatic amines is 1. The molecule has 0 aliphatic carbocycles. The average Bonchev–Trinajstić information content (AvgIpc) is 2.92. The summed E-state index contributed by atoms with van der Waals surface area (Å²) in [7, 11) is 0. The largest absolute Gasteiger partial charge is 0.491 e. The van der Waals surface area contributed by atoms with Gasteiger partial charge in [-0.25, -0.2) is 0 Å². The molecule has 0 bridgehead atoms. The predicted octanol–water partition coefficient (Wildman–Crippen LogP) is 2.02. The molecule has 5 heteroatoms. The van der Waals surface area contributed by atoms with Gasteiger partial charge < -0.3 is 15.2 Å². The van der Waals surface area contributed by atoms with Gasteiger partial charge in [0.05, 0.1) is 12.2 Å². The quantitative estimate of drug-likeness (QED) is 0.723. The molecule has 1 aromatic heterocycles. The molecule has 0 aliphatic rings. The molecule has 2 rings (SSSR count). The van der Waals surface area contributed by atoms with Gasteiger partial charge in [0.25, 0.3) is 0 Å². The zero-order chi connectivity index (χ0) is 14.4. The van der Waals surface area contributed by atoms with Crippen LogP contribution in [0.3, 0.4) is 0 Å². The van der Waals surface area contributed by atoms with E-state index in [4.69, 9.17) is 4.74 Å². The van der Waals surface area contributed by atoms with E-state index in [-0.39, 0.29) is 6.10 Å². The van der Waals surface area contributed by atoms with Crippen LogP contribution in [0.15, 0.2) is 36.5 Å². The molecule has 0 spiro atoms. The second-order valence-electron chi connectivity index (χ2n) is 4.96. The molecule has 2 aromatic rings. The molecule has 1 unspecified atom stereocenters. The van der Waals surface area contributed by atoms with Crippen LogP contribution in [0.1, 0.15) is 31.2 Å². The van der Waals surface area contributed by atoms with E-state index in [1.54, 1.807) is 6.20 Å². The lowest BCUT2D eigenvalue weighted by molar-refractivity contribution is 0.174.